The third kappa shape index (κ3) is 3.18. The number of nitrogens with one attached hydrogen (secondary N) is 2. The molecule has 0 aromatic carbocycles. The Morgan fingerprint density at radius 3 is 2.45 bits per heavy atom. The summed E-state index contributed by atoms with van der Waals surface area (Å²) in [5.74, 6) is 0. The van der Waals surface area contributed by atoms with E-state index in [9.17, 15) is 0 Å². The van der Waals surface area contributed by atoms with Gasteiger partial charge in [-0.25, -0.2) is 10.4 Å². The molecule has 66 valence electrons. The molecule has 0 amide bonds. The third-order valence-corrected chi connectivity index (χ3v) is 1.63. The first-order chi connectivity index (χ1) is 4.97. The molecular weight excluding hydrogens is 138 g/mol. The average Bonchev–Trinajstić information content (AvgIpc) is 2.10. The van der Waals surface area contributed by atoms with Crippen molar-refractivity contribution in [3.05, 3.63) is 0 Å². The Bertz CT molecular complexity index is 128. The smallest absolute Gasteiger partial charge is 0.0339 e. The molecule has 1 rings (SSSR count). The van der Waals surface area contributed by atoms with Gasteiger partial charge in [0, 0.05) is 19.1 Å². The summed E-state index contributed by atoms with van der Waals surface area (Å²) in [6.45, 7) is 11.1. The first kappa shape index (κ1) is 8.97. The molecule has 3 nitrogen and oxygen atoms in total. The Morgan fingerprint density at radius 2 is 2.09 bits per heavy atom. The molecule has 1 aliphatic heterocycles. The Balaban J connectivity index is 2.29. The van der Waals surface area contributed by atoms with Crippen LogP contribution in [0.5, 0.6) is 0 Å². The highest BCUT2D eigenvalue weighted by Crippen LogP contribution is 2.14. The number of hydrazine groups is 2. The monoisotopic (exact) mass is 157 g/mol. The van der Waals surface area contributed by atoms with Gasteiger partial charge >= 0.3 is 0 Å². The lowest BCUT2D eigenvalue weighted by atomic mass is 9.97. The van der Waals surface area contributed by atoms with E-state index in [-0.39, 0.29) is 0 Å². The first-order valence-electron chi connectivity index (χ1n) is 4.23. The van der Waals surface area contributed by atoms with E-state index in [1.807, 2.05) is 0 Å². The van der Waals surface area contributed by atoms with Gasteiger partial charge in [0.15, 0.2) is 0 Å². The highest BCUT2D eigenvalue weighted by Gasteiger charge is 2.22. The lowest BCUT2D eigenvalue weighted by molar-refractivity contribution is 0.161. The largest absolute Gasteiger partial charge is 0.240 e. The van der Waals surface area contributed by atoms with Crippen molar-refractivity contribution < 1.29 is 0 Å². The van der Waals surface area contributed by atoms with Crippen molar-refractivity contribution in [3.8, 4) is 0 Å². The minimum Gasteiger partial charge on any atom is -0.240 e. The lowest BCUT2D eigenvalue weighted by Crippen LogP contribution is -2.41. The molecule has 0 aromatic heterocycles. The highest BCUT2D eigenvalue weighted by molar-refractivity contribution is 4.73. The van der Waals surface area contributed by atoms with Gasteiger partial charge in [0.05, 0.1) is 0 Å². The van der Waals surface area contributed by atoms with Gasteiger partial charge in [0.25, 0.3) is 0 Å². The van der Waals surface area contributed by atoms with Crippen LogP contribution < -0.4 is 11.0 Å². The summed E-state index contributed by atoms with van der Waals surface area (Å²) in [5.41, 5.74) is 6.69. The van der Waals surface area contributed by atoms with Gasteiger partial charge < -0.3 is 0 Å². The maximum Gasteiger partial charge on any atom is 0.0339 e. The zero-order valence-corrected chi connectivity index (χ0v) is 7.94. The van der Waals surface area contributed by atoms with Gasteiger partial charge in [-0.2, -0.15) is 5.53 Å². The van der Waals surface area contributed by atoms with Gasteiger partial charge in [0.1, 0.15) is 0 Å². The van der Waals surface area contributed by atoms with Gasteiger partial charge in [0.2, 0.25) is 0 Å². The van der Waals surface area contributed by atoms with Crippen molar-refractivity contribution in [2.24, 2.45) is 5.41 Å². The van der Waals surface area contributed by atoms with E-state index >= 15 is 0 Å². The molecule has 3 heteroatoms. The van der Waals surface area contributed by atoms with Crippen LogP contribution in [-0.2, 0) is 0 Å². The second-order valence-corrected chi connectivity index (χ2v) is 4.60. The van der Waals surface area contributed by atoms with Gasteiger partial charge in [-0.15, -0.1) is 0 Å². The van der Waals surface area contributed by atoms with E-state index in [1.165, 1.54) is 0 Å². The molecule has 0 spiro atoms. The predicted molar refractivity (Wildman–Crippen MR) is 46.8 cm³/mol. The van der Waals surface area contributed by atoms with Crippen LogP contribution in [0.4, 0.5) is 0 Å². The zero-order chi connectivity index (χ0) is 8.48. The van der Waals surface area contributed by atoms with Crippen LogP contribution in [0.15, 0.2) is 0 Å². The molecular formula is C8H19N3. The third-order valence-electron chi connectivity index (χ3n) is 1.63. The summed E-state index contributed by atoms with van der Waals surface area (Å²) in [7, 11) is 0. The molecule has 0 radical (unpaired) electrons. The van der Waals surface area contributed by atoms with Crippen molar-refractivity contribution in [3.63, 3.8) is 0 Å². The van der Waals surface area contributed by atoms with Crippen molar-refractivity contribution in [2.45, 2.75) is 33.7 Å². The SMILES string of the molecule is CC1CN(CC(C)(C)C)NN1. The lowest BCUT2D eigenvalue weighted by Gasteiger charge is -2.24. The number of rotatable bonds is 1. The Morgan fingerprint density at radius 1 is 1.45 bits per heavy atom. The van der Waals surface area contributed by atoms with Crippen molar-refractivity contribution >= 4 is 0 Å². The molecule has 0 saturated carbocycles. The molecule has 0 aromatic rings. The highest BCUT2D eigenvalue weighted by atomic mass is 15.7. The van der Waals surface area contributed by atoms with Crippen molar-refractivity contribution in [1.29, 1.82) is 0 Å². The fraction of sp³-hybridized carbons (Fsp3) is 1.00. The molecule has 1 atom stereocenters. The van der Waals surface area contributed by atoms with E-state index in [4.69, 9.17) is 0 Å². The van der Waals surface area contributed by atoms with Crippen LogP contribution >= 0.6 is 0 Å². The topological polar surface area (TPSA) is 27.3 Å². The summed E-state index contributed by atoms with van der Waals surface area (Å²) in [4.78, 5) is 0. The molecule has 1 heterocycles. The van der Waals surface area contributed by atoms with E-state index in [2.05, 4.69) is 43.7 Å². The molecule has 11 heavy (non-hydrogen) atoms. The van der Waals surface area contributed by atoms with E-state index in [0.29, 0.717) is 11.5 Å². The molecule has 0 aliphatic carbocycles. The fourth-order valence-electron chi connectivity index (χ4n) is 1.30. The van der Waals surface area contributed by atoms with Crippen LogP contribution in [-0.4, -0.2) is 24.1 Å². The Hall–Kier alpha value is -0.120. The first-order valence-corrected chi connectivity index (χ1v) is 4.23. The molecule has 1 saturated heterocycles. The maximum absolute atomic E-state index is 3.17. The summed E-state index contributed by atoms with van der Waals surface area (Å²) >= 11 is 0. The summed E-state index contributed by atoms with van der Waals surface area (Å²) in [6.07, 6.45) is 0. The molecule has 1 fully saturated rings. The molecule has 1 unspecified atom stereocenters. The molecule has 0 bridgehead atoms. The minimum atomic E-state index is 0.374. The van der Waals surface area contributed by atoms with Gasteiger partial charge in [-0.3, -0.25) is 0 Å². The van der Waals surface area contributed by atoms with Crippen LogP contribution in [0, 0.1) is 5.41 Å². The van der Waals surface area contributed by atoms with Crippen LogP contribution in [0.1, 0.15) is 27.7 Å². The van der Waals surface area contributed by atoms with E-state index < -0.39 is 0 Å². The Kier molecular flexibility index (Phi) is 2.52. The normalized spacial score (nSPS) is 27.8. The fourth-order valence-corrected chi connectivity index (χ4v) is 1.30. The molecule has 1 aliphatic rings. The predicted octanol–water partition coefficient (Wildman–Crippen LogP) is 0.746. The molecule has 2 N–H and O–H groups in total. The van der Waals surface area contributed by atoms with E-state index in [0.717, 1.165) is 13.1 Å². The van der Waals surface area contributed by atoms with Gasteiger partial charge in [-0.05, 0) is 12.3 Å². The summed E-state index contributed by atoms with van der Waals surface area (Å²) in [6, 6.07) is 0.567. The number of nitrogens with zero attached hydrogens (tertiary/aromatic N) is 1. The van der Waals surface area contributed by atoms with Gasteiger partial charge in [-0.1, -0.05) is 20.8 Å². The number of hydrogen-bond donors (Lipinski definition) is 2. The van der Waals surface area contributed by atoms with Crippen LogP contribution in [0.25, 0.3) is 0 Å². The summed E-state index contributed by atoms with van der Waals surface area (Å²) in [5, 5.41) is 2.23. The van der Waals surface area contributed by atoms with E-state index in [1.54, 1.807) is 0 Å². The minimum absolute atomic E-state index is 0.374. The number of hydrogen-bond acceptors (Lipinski definition) is 3. The van der Waals surface area contributed by atoms with Crippen LogP contribution in [0.2, 0.25) is 0 Å². The summed E-state index contributed by atoms with van der Waals surface area (Å²) < 4.78 is 0. The zero-order valence-electron chi connectivity index (χ0n) is 7.94. The van der Waals surface area contributed by atoms with Crippen molar-refractivity contribution in [2.75, 3.05) is 13.1 Å². The second kappa shape index (κ2) is 3.09. The average molecular weight is 157 g/mol. The second-order valence-electron chi connectivity index (χ2n) is 4.60. The quantitative estimate of drug-likeness (QED) is 0.588. The standard InChI is InChI=1S/C8H19N3/c1-7-5-11(10-9-7)6-8(2,3)4/h7,9-10H,5-6H2,1-4H3. The van der Waals surface area contributed by atoms with Crippen molar-refractivity contribution in [1.82, 2.24) is 16.0 Å². The Labute approximate surface area is 69.1 Å². The maximum atomic E-state index is 3.17. The van der Waals surface area contributed by atoms with Crippen LogP contribution in [0.3, 0.4) is 0 Å².